The van der Waals surface area contributed by atoms with Gasteiger partial charge >= 0.3 is 0 Å². The first-order valence-corrected chi connectivity index (χ1v) is 8.41. The molecule has 1 N–H and O–H groups in total. The molecule has 0 saturated carbocycles. The first-order valence-electron chi connectivity index (χ1n) is 6.80. The van der Waals surface area contributed by atoms with Crippen LogP contribution in [0, 0.1) is 0 Å². The van der Waals surface area contributed by atoms with Gasteiger partial charge in [0.25, 0.3) is 10.1 Å². The summed E-state index contributed by atoms with van der Waals surface area (Å²) < 4.78 is 35.7. The van der Waals surface area contributed by atoms with E-state index >= 15 is 0 Å². The second-order valence-electron chi connectivity index (χ2n) is 4.81. The van der Waals surface area contributed by atoms with E-state index in [0.29, 0.717) is 12.8 Å². The molecule has 0 aliphatic carbocycles. The third-order valence-electron chi connectivity index (χ3n) is 3.00. The van der Waals surface area contributed by atoms with Crippen molar-refractivity contribution in [2.75, 3.05) is 5.75 Å². The first kappa shape index (κ1) is 15.5. The predicted molar refractivity (Wildman–Crippen MR) is 82.3 cm³/mol. The summed E-state index contributed by atoms with van der Waals surface area (Å²) in [4.78, 5) is 0. The van der Waals surface area contributed by atoms with Gasteiger partial charge in [0.1, 0.15) is 11.5 Å². The van der Waals surface area contributed by atoms with Crippen LogP contribution in [0.5, 0.6) is 11.5 Å². The number of unbranched alkanes of at least 4 members (excludes halogenated alkanes) is 1. The molecule has 2 aromatic carbocycles. The molecular formula is C16H18O4S. The zero-order valence-electron chi connectivity index (χ0n) is 11.6. The van der Waals surface area contributed by atoms with Crippen molar-refractivity contribution >= 4 is 10.1 Å². The molecule has 0 fully saturated rings. The van der Waals surface area contributed by atoms with Crippen LogP contribution < -0.4 is 4.74 Å². The first-order chi connectivity index (χ1) is 10.0. The molecule has 112 valence electrons. The maximum atomic E-state index is 10.6. The Morgan fingerprint density at radius 2 is 1.62 bits per heavy atom. The number of hydrogen-bond donors (Lipinski definition) is 1. The average Bonchev–Trinajstić information content (AvgIpc) is 2.44. The normalized spacial score (nSPS) is 11.3. The minimum atomic E-state index is -3.85. The fraction of sp³-hybridized carbons (Fsp3) is 0.250. The molecule has 21 heavy (non-hydrogen) atoms. The van der Waals surface area contributed by atoms with Crippen LogP contribution in [0.25, 0.3) is 0 Å². The van der Waals surface area contributed by atoms with Gasteiger partial charge in [-0.15, -0.1) is 0 Å². The molecule has 0 unspecified atom stereocenters. The Kier molecular flexibility index (Phi) is 5.36. The van der Waals surface area contributed by atoms with E-state index in [2.05, 4.69) is 0 Å². The molecule has 4 nitrogen and oxygen atoms in total. The van der Waals surface area contributed by atoms with Crippen LogP contribution in [0.3, 0.4) is 0 Å². The Labute approximate surface area is 125 Å². The van der Waals surface area contributed by atoms with E-state index in [1.54, 1.807) is 0 Å². The van der Waals surface area contributed by atoms with Crippen molar-refractivity contribution in [2.24, 2.45) is 0 Å². The molecule has 0 aliphatic rings. The van der Waals surface area contributed by atoms with E-state index in [0.717, 1.165) is 23.5 Å². The fourth-order valence-corrected chi connectivity index (χ4v) is 2.57. The summed E-state index contributed by atoms with van der Waals surface area (Å²) in [5, 5.41) is 0. The zero-order chi connectivity index (χ0) is 15.1. The monoisotopic (exact) mass is 306 g/mol. The summed E-state index contributed by atoms with van der Waals surface area (Å²) in [5.41, 5.74) is 1.08. The summed E-state index contributed by atoms with van der Waals surface area (Å²) in [5.74, 6) is 1.35. The molecule has 0 radical (unpaired) electrons. The summed E-state index contributed by atoms with van der Waals surface area (Å²) in [7, 11) is -3.85. The lowest BCUT2D eigenvalue weighted by Crippen LogP contribution is -2.03. The van der Waals surface area contributed by atoms with Crippen LogP contribution in [0.1, 0.15) is 18.4 Å². The van der Waals surface area contributed by atoms with E-state index < -0.39 is 10.1 Å². The third-order valence-corrected chi connectivity index (χ3v) is 3.80. The predicted octanol–water partition coefficient (Wildman–Crippen LogP) is 3.69. The Hall–Kier alpha value is -1.85. The van der Waals surface area contributed by atoms with E-state index in [4.69, 9.17) is 9.29 Å². The molecule has 0 atom stereocenters. The minimum Gasteiger partial charge on any atom is -0.457 e. The Morgan fingerprint density at radius 3 is 2.33 bits per heavy atom. The van der Waals surface area contributed by atoms with Gasteiger partial charge in [-0.25, -0.2) is 0 Å². The van der Waals surface area contributed by atoms with E-state index in [-0.39, 0.29) is 5.75 Å². The molecule has 5 heteroatoms. The van der Waals surface area contributed by atoms with Crippen LogP contribution in [-0.4, -0.2) is 18.7 Å². The molecule has 2 aromatic rings. The lowest BCUT2D eigenvalue weighted by molar-refractivity contribution is 0.478. The molecule has 0 aliphatic heterocycles. The van der Waals surface area contributed by atoms with Crippen molar-refractivity contribution in [1.82, 2.24) is 0 Å². The van der Waals surface area contributed by atoms with Gasteiger partial charge in [0.15, 0.2) is 0 Å². The van der Waals surface area contributed by atoms with Gasteiger partial charge in [0.2, 0.25) is 0 Å². The summed E-state index contributed by atoms with van der Waals surface area (Å²) in [6, 6.07) is 17.2. The number of rotatable bonds is 7. The van der Waals surface area contributed by atoms with Crippen LogP contribution >= 0.6 is 0 Å². The van der Waals surface area contributed by atoms with Gasteiger partial charge in [-0.3, -0.25) is 4.55 Å². The van der Waals surface area contributed by atoms with Crippen molar-refractivity contribution in [3.63, 3.8) is 0 Å². The SMILES string of the molecule is O=S(=O)(O)CCCCc1cccc(Oc2ccccc2)c1. The molecule has 2 rings (SSSR count). The fourth-order valence-electron chi connectivity index (χ4n) is 2.00. The molecule has 0 spiro atoms. The highest BCUT2D eigenvalue weighted by atomic mass is 32.2. The van der Waals surface area contributed by atoms with E-state index in [1.165, 1.54) is 0 Å². The number of para-hydroxylation sites is 1. The smallest absolute Gasteiger partial charge is 0.264 e. The summed E-state index contributed by atoms with van der Waals surface area (Å²) in [6.45, 7) is 0. The second-order valence-corrected chi connectivity index (χ2v) is 6.38. The molecule has 0 heterocycles. The van der Waals surface area contributed by atoms with Gasteiger partial charge in [0.05, 0.1) is 5.75 Å². The second kappa shape index (κ2) is 7.24. The van der Waals surface area contributed by atoms with Crippen LogP contribution in [-0.2, 0) is 16.5 Å². The number of hydrogen-bond acceptors (Lipinski definition) is 3. The van der Waals surface area contributed by atoms with Crippen LogP contribution in [0.2, 0.25) is 0 Å². The maximum absolute atomic E-state index is 10.6. The topological polar surface area (TPSA) is 63.6 Å². The molecule has 0 aromatic heterocycles. The number of benzene rings is 2. The summed E-state index contributed by atoms with van der Waals surface area (Å²) >= 11 is 0. The van der Waals surface area contributed by atoms with E-state index in [9.17, 15) is 8.42 Å². The molecule has 0 amide bonds. The van der Waals surface area contributed by atoms with Gasteiger partial charge in [-0.1, -0.05) is 30.3 Å². The highest BCUT2D eigenvalue weighted by molar-refractivity contribution is 7.85. The summed E-state index contributed by atoms with van der Waals surface area (Å²) in [6.07, 6.45) is 1.90. The zero-order valence-corrected chi connectivity index (χ0v) is 12.4. The van der Waals surface area contributed by atoms with Crippen molar-refractivity contribution in [3.8, 4) is 11.5 Å². The standard InChI is InChI=1S/C16H18O4S/c17-21(18,19)12-5-4-7-14-8-6-11-16(13-14)20-15-9-2-1-3-10-15/h1-3,6,8-11,13H,4-5,7,12H2,(H,17,18,19). The molecular weight excluding hydrogens is 288 g/mol. The average molecular weight is 306 g/mol. The Bertz CT molecular complexity index is 666. The van der Waals surface area contributed by atoms with Crippen molar-refractivity contribution in [3.05, 3.63) is 60.2 Å². The molecule has 0 saturated heterocycles. The Balaban J connectivity index is 1.89. The van der Waals surface area contributed by atoms with Gasteiger partial charge in [-0.2, -0.15) is 8.42 Å². The maximum Gasteiger partial charge on any atom is 0.264 e. The number of aryl methyl sites for hydroxylation is 1. The quantitative estimate of drug-likeness (QED) is 0.626. The van der Waals surface area contributed by atoms with Gasteiger partial charge < -0.3 is 4.74 Å². The van der Waals surface area contributed by atoms with Crippen LogP contribution in [0.15, 0.2) is 54.6 Å². The van der Waals surface area contributed by atoms with Crippen molar-refractivity contribution in [1.29, 1.82) is 0 Å². The van der Waals surface area contributed by atoms with Crippen molar-refractivity contribution < 1.29 is 17.7 Å². The Morgan fingerprint density at radius 1 is 0.905 bits per heavy atom. The van der Waals surface area contributed by atoms with Crippen molar-refractivity contribution in [2.45, 2.75) is 19.3 Å². The third kappa shape index (κ3) is 5.97. The van der Waals surface area contributed by atoms with Gasteiger partial charge in [0, 0.05) is 0 Å². The number of ether oxygens (including phenoxy) is 1. The highest BCUT2D eigenvalue weighted by Crippen LogP contribution is 2.22. The van der Waals surface area contributed by atoms with Crippen LogP contribution in [0.4, 0.5) is 0 Å². The largest absolute Gasteiger partial charge is 0.457 e. The minimum absolute atomic E-state index is 0.187. The lowest BCUT2D eigenvalue weighted by Gasteiger charge is -2.07. The highest BCUT2D eigenvalue weighted by Gasteiger charge is 2.04. The van der Waals surface area contributed by atoms with E-state index in [1.807, 2.05) is 54.6 Å². The lowest BCUT2D eigenvalue weighted by atomic mass is 10.1. The van der Waals surface area contributed by atoms with Gasteiger partial charge in [-0.05, 0) is 49.1 Å². The molecule has 0 bridgehead atoms.